The minimum Gasteiger partial charge on any atom is -0.478 e. The number of para-hydroxylation sites is 2. The van der Waals surface area contributed by atoms with Crippen molar-refractivity contribution in [1.29, 1.82) is 0 Å². The highest BCUT2D eigenvalue weighted by atomic mass is 19.1. The van der Waals surface area contributed by atoms with Gasteiger partial charge in [0.25, 0.3) is 5.91 Å². The van der Waals surface area contributed by atoms with E-state index >= 15 is 0 Å². The van der Waals surface area contributed by atoms with E-state index < -0.39 is 11.9 Å². The molecule has 1 aliphatic heterocycles. The summed E-state index contributed by atoms with van der Waals surface area (Å²) < 4.78 is 19.4. The Bertz CT molecular complexity index is 700. The lowest BCUT2D eigenvalue weighted by Gasteiger charge is -2.37. The molecule has 4 nitrogen and oxygen atoms in total. The summed E-state index contributed by atoms with van der Waals surface area (Å²) in [5.74, 6) is -0.383. The minimum absolute atomic E-state index is 0.0709. The number of carbonyl (C=O) groups excluding carboxylic acids is 1. The second-order valence-electron chi connectivity index (χ2n) is 6.09. The number of anilines is 1. The number of nitrogens with zero attached hydrogens (tertiary/aromatic N) is 2. The van der Waals surface area contributed by atoms with Crippen molar-refractivity contribution in [3.8, 4) is 5.75 Å². The number of amides is 1. The number of benzene rings is 2. The molecule has 3 rings (SSSR count). The molecule has 132 valence electrons. The first-order chi connectivity index (χ1) is 12.2. The van der Waals surface area contributed by atoms with Crippen LogP contribution in [0.15, 0.2) is 54.6 Å². The lowest BCUT2D eigenvalue weighted by atomic mass is 10.2. The van der Waals surface area contributed by atoms with E-state index in [4.69, 9.17) is 4.74 Å². The molecule has 1 saturated heterocycles. The SMILES string of the molecule is CC[C@H](Oc1ccccc1F)C(=O)N1CCN(c2ccccc2)CC1. The topological polar surface area (TPSA) is 32.8 Å². The molecule has 1 amide bonds. The molecule has 0 spiro atoms. The molecule has 1 heterocycles. The van der Waals surface area contributed by atoms with Gasteiger partial charge in [-0.15, -0.1) is 0 Å². The molecule has 1 aliphatic rings. The molecule has 0 unspecified atom stereocenters. The lowest BCUT2D eigenvalue weighted by Crippen LogP contribution is -2.52. The first kappa shape index (κ1) is 17.3. The average Bonchev–Trinajstić information content (AvgIpc) is 2.68. The van der Waals surface area contributed by atoms with Gasteiger partial charge >= 0.3 is 0 Å². The van der Waals surface area contributed by atoms with E-state index in [-0.39, 0.29) is 11.7 Å². The average molecular weight is 342 g/mol. The summed E-state index contributed by atoms with van der Waals surface area (Å²) in [4.78, 5) is 16.8. The van der Waals surface area contributed by atoms with Gasteiger partial charge in [-0.2, -0.15) is 0 Å². The van der Waals surface area contributed by atoms with Crippen molar-refractivity contribution in [3.63, 3.8) is 0 Å². The smallest absolute Gasteiger partial charge is 0.263 e. The molecule has 0 saturated carbocycles. The highest BCUT2D eigenvalue weighted by molar-refractivity contribution is 5.81. The van der Waals surface area contributed by atoms with Crippen LogP contribution in [0.2, 0.25) is 0 Å². The summed E-state index contributed by atoms with van der Waals surface area (Å²) in [5.41, 5.74) is 1.17. The van der Waals surface area contributed by atoms with Crippen LogP contribution >= 0.6 is 0 Å². The maximum absolute atomic E-state index is 13.8. The summed E-state index contributed by atoms with van der Waals surface area (Å²) in [5, 5.41) is 0. The van der Waals surface area contributed by atoms with Gasteiger partial charge in [-0.25, -0.2) is 4.39 Å². The molecule has 1 fully saturated rings. The molecule has 0 aromatic heterocycles. The third kappa shape index (κ3) is 4.10. The number of carbonyl (C=O) groups is 1. The molecule has 25 heavy (non-hydrogen) atoms. The highest BCUT2D eigenvalue weighted by Crippen LogP contribution is 2.20. The van der Waals surface area contributed by atoms with E-state index in [1.165, 1.54) is 11.8 Å². The van der Waals surface area contributed by atoms with Gasteiger partial charge in [-0.1, -0.05) is 37.3 Å². The third-order valence-electron chi connectivity index (χ3n) is 4.46. The van der Waals surface area contributed by atoms with E-state index in [0.29, 0.717) is 19.5 Å². The molecular weight excluding hydrogens is 319 g/mol. The number of hydrogen-bond donors (Lipinski definition) is 0. The molecule has 5 heteroatoms. The Hall–Kier alpha value is -2.56. The van der Waals surface area contributed by atoms with Crippen LogP contribution in [0.3, 0.4) is 0 Å². The molecule has 0 N–H and O–H groups in total. The Morgan fingerprint density at radius 2 is 1.68 bits per heavy atom. The summed E-state index contributed by atoms with van der Waals surface area (Å²) in [7, 11) is 0. The first-order valence-electron chi connectivity index (χ1n) is 8.69. The van der Waals surface area contributed by atoms with Crippen molar-refractivity contribution in [2.75, 3.05) is 31.1 Å². The van der Waals surface area contributed by atoms with E-state index in [9.17, 15) is 9.18 Å². The van der Waals surface area contributed by atoms with Gasteiger partial charge in [0.15, 0.2) is 17.7 Å². The molecule has 0 radical (unpaired) electrons. The number of halogens is 1. The van der Waals surface area contributed by atoms with E-state index in [1.807, 2.05) is 30.0 Å². The van der Waals surface area contributed by atoms with Crippen LogP contribution in [0.1, 0.15) is 13.3 Å². The van der Waals surface area contributed by atoms with Gasteiger partial charge in [-0.3, -0.25) is 4.79 Å². The molecule has 2 aromatic carbocycles. The summed E-state index contributed by atoms with van der Waals surface area (Å²) >= 11 is 0. The van der Waals surface area contributed by atoms with Gasteiger partial charge in [0.05, 0.1) is 0 Å². The molecular formula is C20H23FN2O2. The Kier molecular flexibility index (Phi) is 5.53. The second kappa shape index (κ2) is 8.01. The van der Waals surface area contributed by atoms with Gasteiger partial charge < -0.3 is 14.5 Å². The molecule has 0 bridgehead atoms. The number of piperazine rings is 1. The van der Waals surface area contributed by atoms with Gasteiger partial charge in [0, 0.05) is 31.9 Å². The van der Waals surface area contributed by atoms with Gasteiger partial charge in [0.2, 0.25) is 0 Å². The number of ether oxygens (including phenoxy) is 1. The molecule has 1 atom stereocenters. The van der Waals surface area contributed by atoms with Gasteiger partial charge in [-0.05, 0) is 30.7 Å². The Balaban J connectivity index is 1.60. The van der Waals surface area contributed by atoms with Gasteiger partial charge in [0.1, 0.15) is 0 Å². The monoisotopic (exact) mass is 342 g/mol. The third-order valence-corrected chi connectivity index (χ3v) is 4.46. The van der Waals surface area contributed by atoms with Crippen LogP contribution in [0.25, 0.3) is 0 Å². The fourth-order valence-electron chi connectivity index (χ4n) is 3.03. The summed E-state index contributed by atoms with van der Waals surface area (Å²) in [6.45, 7) is 4.73. The Labute approximate surface area is 147 Å². The fraction of sp³-hybridized carbons (Fsp3) is 0.350. The Morgan fingerprint density at radius 3 is 2.32 bits per heavy atom. The zero-order chi connectivity index (χ0) is 17.6. The van der Waals surface area contributed by atoms with Crippen molar-refractivity contribution < 1.29 is 13.9 Å². The summed E-state index contributed by atoms with van der Waals surface area (Å²) in [6.07, 6.45) is -0.147. The fourth-order valence-corrected chi connectivity index (χ4v) is 3.03. The quantitative estimate of drug-likeness (QED) is 0.835. The lowest BCUT2D eigenvalue weighted by molar-refractivity contribution is -0.139. The first-order valence-corrected chi connectivity index (χ1v) is 8.69. The van der Waals surface area contributed by atoms with Crippen LogP contribution in [0, 0.1) is 5.82 Å². The van der Waals surface area contributed by atoms with Crippen molar-refractivity contribution >= 4 is 11.6 Å². The van der Waals surface area contributed by atoms with Crippen LogP contribution in [-0.4, -0.2) is 43.1 Å². The van der Waals surface area contributed by atoms with Crippen LogP contribution < -0.4 is 9.64 Å². The van der Waals surface area contributed by atoms with Crippen molar-refractivity contribution in [3.05, 3.63) is 60.4 Å². The van der Waals surface area contributed by atoms with Crippen LogP contribution in [0.4, 0.5) is 10.1 Å². The number of rotatable bonds is 5. The van der Waals surface area contributed by atoms with Crippen molar-refractivity contribution in [1.82, 2.24) is 4.90 Å². The minimum atomic E-state index is -0.653. The normalized spacial score (nSPS) is 15.8. The second-order valence-corrected chi connectivity index (χ2v) is 6.09. The summed E-state index contributed by atoms with van der Waals surface area (Å²) in [6, 6.07) is 16.4. The predicted octanol–water partition coefficient (Wildman–Crippen LogP) is 3.33. The van der Waals surface area contributed by atoms with Crippen LogP contribution in [0.5, 0.6) is 5.75 Å². The van der Waals surface area contributed by atoms with Crippen molar-refractivity contribution in [2.24, 2.45) is 0 Å². The van der Waals surface area contributed by atoms with E-state index in [0.717, 1.165) is 13.1 Å². The van der Waals surface area contributed by atoms with Crippen LogP contribution in [-0.2, 0) is 4.79 Å². The van der Waals surface area contributed by atoms with Crippen molar-refractivity contribution in [2.45, 2.75) is 19.4 Å². The molecule has 0 aliphatic carbocycles. The number of hydrogen-bond acceptors (Lipinski definition) is 3. The highest BCUT2D eigenvalue weighted by Gasteiger charge is 2.28. The molecule has 2 aromatic rings. The van der Waals surface area contributed by atoms with E-state index in [1.54, 1.807) is 18.2 Å². The maximum atomic E-state index is 13.8. The maximum Gasteiger partial charge on any atom is 0.263 e. The zero-order valence-electron chi connectivity index (χ0n) is 14.4. The Morgan fingerprint density at radius 1 is 1.04 bits per heavy atom. The predicted molar refractivity (Wildman–Crippen MR) is 96.3 cm³/mol. The van der Waals surface area contributed by atoms with E-state index in [2.05, 4.69) is 17.0 Å². The standard InChI is InChI=1S/C20H23FN2O2/c1-2-18(25-19-11-7-6-10-17(19)21)20(24)23-14-12-22(13-15-23)16-8-4-3-5-9-16/h3-11,18H,2,12-15H2,1H3/t18-/m0/s1. The largest absolute Gasteiger partial charge is 0.478 e. The zero-order valence-corrected chi connectivity index (χ0v) is 14.4.